The molecule has 3 aromatic rings. The fourth-order valence-electron chi connectivity index (χ4n) is 4.09. The first-order chi connectivity index (χ1) is 15.8. The van der Waals surface area contributed by atoms with Crippen LogP contribution in [-0.4, -0.2) is 25.6 Å². The summed E-state index contributed by atoms with van der Waals surface area (Å²) in [6.07, 6.45) is 2.85. The maximum Gasteiger partial charge on any atom is 0.250 e. The second-order valence-electron chi connectivity index (χ2n) is 7.87. The Morgan fingerprint density at radius 1 is 1.18 bits per heavy atom. The number of aromatic nitrogens is 1. The third kappa shape index (κ3) is 4.84. The fourth-order valence-corrected chi connectivity index (χ4v) is 4.61. The van der Waals surface area contributed by atoms with E-state index in [4.69, 9.17) is 16.6 Å². The number of rotatable bonds is 6. The number of nitrogens with one attached hydrogen (secondary N) is 1. The Balaban J connectivity index is 1.97. The van der Waals surface area contributed by atoms with Gasteiger partial charge in [0.2, 0.25) is 0 Å². The van der Waals surface area contributed by atoms with Gasteiger partial charge >= 0.3 is 0 Å². The third-order valence-corrected chi connectivity index (χ3v) is 6.55. The van der Waals surface area contributed by atoms with Crippen molar-refractivity contribution in [1.82, 2.24) is 9.29 Å². The van der Waals surface area contributed by atoms with Crippen LogP contribution < -0.4 is 10.3 Å². The number of pyridine rings is 1. The molecule has 2 aromatic carbocycles. The quantitative estimate of drug-likeness (QED) is 0.533. The SMILES string of the molecule is CC[C@@H]1N=C(c2ccc(F)cc2)c2cc(Cl)c(CCNS(=O)[O-])cc2-c2cn(C)c(=O)cc21. The number of aliphatic imine (C=N–C) groups is 1. The van der Waals surface area contributed by atoms with E-state index in [2.05, 4.69) is 4.72 Å². The topological polar surface area (TPSA) is 86.5 Å². The maximum absolute atomic E-state index is 13.6. The first-order valence-electron chi connectivity index (χ1n) is 10.5. The smallest absolute Gasteiger partial charge is 0.250 e. The molecule has 1 N–H and O–H groups in total. The molecule has 0 fully saturated rings. The largest absolute Gasteiger partial charge is 0.760 e. The number of nitrogens with zero attached hydrogens (tertiary/aromatic N) is 2. The zero-order chi connectivity index (χ0) is 23.7. The molecule has 1 unspecified atom stereocenters. The summed E-state index contributed by atoms with van der Waals surface area (Å²) in [4.78, 5) is 17.5. The molecule has 0 saturated heterocycles. The minimum Gasteiger partial charge on any atom is -0.760 e. The van der Waals surface area contributed by atoms with Crippen molar-refractivity contribution < 1.29 is 13.2 Å². The number of hydrogen-bond acceptors (Lipinski definition) is 4. The van der Waals surface area contributed by atoms with Gasteiger partial charge in [-0.2, -0.15) is 0 Å². The second kappa shape index (κ2) is 9.69. The highest BCUT2D eigenvalue weighted by atomic mass is 35.5. The summed E-state index contributed by atoms with van der Waals surface area (Å²) in [7, 11) is 1.69. The molecule has 4 rings (SSSR count). The molecule has 0 spiro atoms. The lowest BCUT2D eigenvalue weighted by Crippen LogP contribution is -2.19. The van der Waals surface area contributed by atoms with Crippen molar-refractivity contribution >= 4 is 28.6 Å². The van der Waals surface area contributed by atoms with E-state index in [-0.39, 0.29) is 24.0 Å². The minimum absolute atomic E-state index is 0.134. The van der Waals surface area contributed by atoms with Crippen molar-refractivity contribution in [1.29, 1.82) is 0 Å². The lowest BCUT2D eigenvalue weighted by atomic mass is 9.90. The van der Waals surface area contributed by atoms with Crippen molar-refractivity contribution in [2.24, 2.45) is 12.0 Å². The van der Waals surface area contributed by atoms with Crippen molar-refractivity contribution in [3.8, 4) is 11.1 Å². The van der Waals surface area contributed by atoms with Crippen molar-refractivity contribution in [3.05, 3.63) is 92.1 Å². The maximum atomic E-state index is 13.6. The molecule has 0 bridgehead atoms. The molecule has 9 heteroatoms. The monoisotopic (exact) mass is 486 g/mol. The lowest BCUT2D eigenvalue weighted by molar-refractivity contribution is 0.523. The molecule has 0 aliphatic carbocycles. The summed E-state index contributed by atoms with van der Waals surface area (Å²) in [5.74, 6) is -0.344. The van der Waals surface area contributed by atoms with Crippen LogP contribution in [0.25, 0.3) is 11.1 Å². The van der Waals surface area contributed by atoms with E-state index in [1.165, 1.54) is 16.7 Å². The van der Waals surface area contributed by atoms with Crippen molar-refractivity contribution in [3.63, 3.8) is 0 Å². The van der Waals surface area contributed by atoms with E-state index in [0.717, 1.165) is 33.4 Å². The lowest BCUT2D eigenvalue weighted by Gasteiger charge is -2.17. The van der Waals surface area contributed by atoms with Gasteiger partial charge in [0.1, 0.15) is 5.82 Å². The second-order valence-corrected chi connectivity index (χ2v) is 9.03. The van der Waals surface area contributed by atoms with Crippen molar-refractivity contribution in [2.75, 3.05) is 6.54 Å². The molecule has 172 valence electrons. The number of hydrogen-bond donors (Lipinski definition) is 1. The minimum atomic E-state index is -2.36. The highest BCUT2D eigenvalue weighted by molar-refractivity contribution is 7.77. The van der Waals surface area contributed by atoms with Gasteiger partial charge in [-0.05, 0) is 65.9 Å². The van der Waals surface area contributed by atoms with Crippen LogP contribution in [0.4, 0.5) is 4.39 Å². The van der Waals surface area contributed by atoms with Gasteiger partial charge in [0.25, 0.3) is 5.56 Å². The summed E-state index contributed by atoms with van der Waals surface area (Å²) in [5.41, 5.74) is 5.31. The van der Waals surface area contributed by atoms with Gasteiger partial charge in [0.05, 0.1) is 11.8 Å². The predicted octanol–water partition coefficient (Wildman–Crippen LogP) is 4.07. The standard InChI is InChI=1S/C24H23ClFN3O3S/c1-3-22-18-12-23(30)29(2)13-20(18)17-10-15(8-9-27-33(31)32)21(25)11-19(17)24(28-22)14-4-6-16(26)7-5-14/h4-7,10-13,22,27H,3,8-9H2,1-2H3,(H,31,32)/p-1/t22-/m0/s1. The first kappa shape index (κ1) is 23.5. The van der Waals surface area contributed by atoms with E-state index in [1.807, 2.05) is 19.1 Å². The first-order valence-corrected chi connectivity index (χ1v) is 11.9. The van der Waals surface area contributed by atoms with E-state index in [9.17, 15) is 17.9 Å². The van der Waals surface area contributed by atoms with Gasteiger partial charge in [-0.3, -0.25) is 14.0 Å². The number of aryl methyl sites for hydroxylation is 1. The number of benzene rings is 2. The molecule has 33 heavy (non-hydrogen) atoms. The van der Waals surface area contributed by atoms with E-state index in [0.29, 0.717) is 23.6 Å². The van der Waals surface area contributed by atoms with Crippen LogP contribution in [0.3, 0.4) is 0 Å². The van der Waals surface area contributed by atoms with Crippen LogP contribution in [0.2, 0.25) is 5.02 Å². The zero-order valence-electron chi connectivity index (χ0n) is 18.1. The fraction of sp³-hybridized carbons (Fsp3) is 0.250. The van der Waals surface area contributed by atoms with Gasteiger partial charge in [-0.15, -0.1) is 0 Å². The molecule has 0 amide bonds. The average molecular weight is 487 g/mol. The van der Waals surface area contributed by atoms with Gasteiger partial charge < -0.3 is 9.12 Å². The summed E-state index contributed by atoms with van der Waals surface area (Å²) in [5, 5.41) is 0.475. The highest BCUT2D eigenvalue weighted by Gasteiger charge is 2.26. The molecule has 1 aromatic heterocycles. The summed E-state index contributed by atoms with van der Waals surface area (Å²) in [6, 6.07) is 11.2. The van der Waals surface area contributed by atoms with Gasteiger partial charge in [-0.1, -0.05) is 18.5 Å². The molecule has 1 aliphatic heterocycles. The van der Waals surface area contributed by atoms with E-state index < -0.39 is 11.3 Å². The van der Waals surface area contributed by atoms with E-state index >= 15 is 0 Å². The predicted molar refractivity (Wildman–Crippen MR) is 128 cm³/mol. The molecule has 2 atom stereocenters. The van der Waals surface area contributed by atoms with Gasteiger partial charge in [-0.25, -0.2) is 9.11 Å². The zero-order valence-corrected chi connectivity index (χ0v) is 19.7. The third-order valence-electron chi connectivity index (χ3n) is 5.75. The molecule has 0 radical (unpaired) electrons. The van der Waals surface area contributed by atoms with Crippen LogP contribution in [0.5, 0.6) is 0 Å². The normalized spacial score (nSPS) is 15.9. The number of fused-ring (bicyclic) bond motifs is 3. The summed E-state index contributed by atoms with van der Waals surface area (Å²) in [6.45, 7) is 2.20. The molecule has 6 nitrogen and oxygen atoms in total. The molecule has 1 aliphatic rings. The van der Waals surface area contributed by atoms with Crippen LogP contribution >= 0.6 is 11.6 Å². The average Bonchev–Trinajstić information content (AvgIpc) is 2.89. The van der Waals surface area contributed by atoms with Crippen LogP contribution in [-0.2, 0) is 24.7 Å². The molecule has 0 saturated carbocycles. The number of halogens is 2. The highest BCUT2D eigenvalue weighted by Crippen LogP contribution is 2.40. The Kier molecular flexibility index (Phi) is 6.90. The Morgan fingerprint density at radius 2 is 1.91 bits per heavy atom. The molecular formula is C24H22ClFN3O3S-. The van der Waals surface area contributed by atoms with Gasteiger partial charge in [0, 0.05) is 58.8 Å². The Bertz CT molecular complexity index is 1320. The molecular weight excluding hydrogens is 465 g/mol. The van der Waals surface area contributed by atoms with Crippen LogP contribution in [0.1, 0.15) is 41.6 Å². The van der Waals surface area contributed by atoms with Crippen molar-refractivity contribution in [2.45, 2.75) is 25.8 Å². The van der Waals surface area contributed by atoms with Gasteiger partial charge in [0.15, 0.2) is 0 Å². The Labute approximate surface area is 198 Å². The van der Waals surface area contributed by atoms with Crippen LogP contribution in [0, 0.1) is 5.82 Å². The molecule has 2 heterocycles. The van der Waals surface area contributed by atoms with Crippen LogP contribution in [0.15, 0.2) is 58.4 Å². The Hall–Kier alpha value is -2.65. The summed E-state index contributed by atoms with van der Waals surface area (Å²) >= 11 is 4.25. The van der Waals surface area contributed by atoms with E-state index in [1.54, 1.807) is 31.4 Å². The Morgan fingerprint density at radius 3 is 2.58 bits per heavy atom. The summed E-state index contributed by atoms with van der Waals surface area (Å²) < 4.78 is 39.2.